The van der Waals surface area contributed by atoms with Crippen molar-refractivity contribution in [2.24, 2.45) is 5.92 Å². The van der Waals surface area contributed by atoms with E-state index in [9.17, 15) is 5.11 Å². The van der Waals surface area contributed by atoms with Crippen LogP contribution in [0.1, 0.15) is 70.4 Å². The Bertz CT molecular complexity index is 561. The van der Waals surface area contributed by atoms with E-state index in [1.54, 1.807) is 0 Å². The molecule has 0 bridgehead atoms. The Morgan fingerprint density at radius 3 is 2.35 bits per heavy atom. The Hall–Kier alpha value is -1.32. The summed E-state index contributed by atoms with van der Waals surface area (Å²) in [4.78, 5) is 0. The van der Waals surface area contributed by atoms with Gasteiger partial charge in [0, 0.05) is 22.6 Å². The molecule has 0 unspecified atom stereocenters. The van der Waals surface area contributed by atoms with E-state index in [1.807, 2.05) is 19.1 Å². The monoisotopic (exact) mass is 318 g/mol. The Balaban J connectivity index is 2.33. The fourth-order valence-electron chi connectivity index (χ4n) is 3.00. The molecule has 1 fully saturated rings. The summed E-state index contributed by atoms with van der Waals surface area (Å²) < 4.78 is 11.9. The molecule has 1 aliphatic rings. The largest absolute Gasteiger partial charge is 0.507 e. The van der Waals surface area contributed by atoms with Gasteiger partial charge in [-0.2, -0.15) is 0 Å². The SMILES string of the molecule is C=C(C)c1cc(C2OCC(CCC)CO2)cc(C(C)(C)C)c1O. The molecule has 128 valence electrons. The van der Waals surface area contributed by atoms with Crippen LogP contribution in [0, 0.1) is 5.92 Å². The molecule has 0 saturated carbocycles. The number of aromatic hydroxyl groups is 1. The number of phenolic OH excluding ortho intramolecular Hbond substituents is 1. The normalized spacial score (nSPS) is 22.1. The molecule has 1 heterocycles. The van der Waals surface area contributed by atoms with Crippen LogP contribution in [-0.2, 0) is 14.9 Å². The van der Waals surface area contributed by atoms with Gasteiger partial charge in [0.05, 0.1) is 13.2 Å². The van der Waals surface area contributed by atoms with Crippen molar-refractivity contribution >= 4 is 5.57 Å². The first-order valence-electron chi connectivity index (χ1n) is 8.50. The van der Waals surface area contributed by atoms with E-state index >= 15 is 0 Å². The fourth-order valence-corrected chi connectivity index (χ4v) is 3.00. The second-order valence-electron chi connectivity index (χ2n) is 7.65. The van der Waals surface area contributed by atoms with Crippen LogP contribution in [0.5, 0.6) is 5.75 Å². The molecule has 0 aliphatic carbocycles. The van der Waals surface area contributed by atoms with E-state index in [0.29, 0.717) is 11.7 Å². The van der Waals surface area contributed by atoms with Crippen LogP contribution in [0.25, 0.3) is 5.57 Å². The minimum Gasteiger partial charge on any atom is -0.507 e. The summed E-state index contributed by atoms with van der Waals surface area (Å²) >= 11 is 0. The zero-order valence-corrected chi connectivity index (χ0v) is 15.1. The summed E-state index contributed by atoms with van der Waals surface area (Å²) in [6.45, 7) is 15.8. The second-order valence-corrected chi connectivity index (χ2v) is 7.65. The van der Waals surface area contributed by atoms with Gasteiger partial charge in [0.15, 0.2) is 6.29 Å². The van der Waals surface area contributed by atoms with Gasteiger partial charge in [-0.15, -0.1) is 0 Å². The molecule has 0 amide bonds. The van der Waals surface area contributed by atoms with Gasteiger partial charge in [-0.25, -0.2) is 0 Å². The Kier molecular flexibility index (Phi) is 5.53. The highest BCUT2D eigenvalue weighted by atomic mass is 16.7. The van der Waals surface area contributed by atoms with E-state index in [-0.39, 0.29) is 11.7 Å². The first-order valence-corrected chi connectivity index (χ1v) is 8.50. The summed E-state index contributed by atoms with van der Waals surface area (Å²) in [5.74, 6) is 0.796. The van der Waals surface area contributed by atoms with E-state index in [4.69, 9.17) is 9.47 Å². The van der Waals surface area contributed by atoms with E-state index in [2.05, 4.69) is 34.3 Å². The molecule has 1 aromatic rings. The zero-order valence-electron chi connectivity index (χ0n) is 15.1. The maximum absolute atomic E-state index is 10.6. The second kappa shape index (κ2) is 7.06. The van der Waals surface area contributed by atoms with Gasteiger partial charge in [0.2, 0.25) is 0 Å². The molecule has 1 saturated heterocycles. The smallest absolute Gasteiger partial charge is 0.183 e. The van der Waals surface area contributed by atoms with Gasteiger partial charge in [-0.05, 0) is 36.5 Å². The Morgan fingerprint density at radius 2 is 1.87 bits per heavy atom. The van der Waals surface area contributed by atoms with Crippen LogP contribution in [0.4, 0.5) is 0 Å². The molecular weight excluding hydrogens is 288 g/mol. The molecule has 1 aromatic carbocycles. The Labute approximate surface area is 140 Å². The summed E-state index contributed by atoms with van der Waals surface area (Å²) in [6.07, 6.45) is 1.92. The van der Waals surface area contributed by atoms with Gasteiger partial charge in [-0.1, -0.05) is 40.7 Å². The van der Waals surface area contributed by atoms with Gasteiger partial charge in [0.25, 0.3) is 0 Å². The van der Waals surface area contributed by atoms with Crippen LogP contribution >= 0.6 is 0 Å². The van der Waals surface area contributed by atoms with Crippen LogP contribution in [0.2, 0.25) is 0 Å². The van der Waals surface area contributed by atoms with Crippen LogP contribution in [-0.4, -0.2) is 18.3 Å². The standard InChI is InChI=1S/C20H30O3/c1-7-8-14-11-22-19(23-12-14)15-9-16(13(2)3)18(21)17(10-15)20(4,5)6/h9-10,14,19,21H,2,7-8,11-12H2,1,3-6H3. The lowest BCUT2D eigenvalue weighted by molar-refractivity contribution is -0.206. The number of allylic oxidation sites excluding steroid dienone is 1. The van der Waals surface area contributed by atoms with Crippen molar-refractivity contribution in [3.05, 3.63) is 35.4 Å². The molecular formula is C20H30O3. The molecule has 1 N–H and O–H groups in total. The number of ether oxygens (including phenoxy) is 2. The minimum atomic E-state index is -0.358. The van der Waals surface area contributed by atoms with Crippen LogP contribution < -0.4 is 0 Å². The van der Waals surface area contributed by atoms with E-state index < -0.39 is 0 Å². The van der Waals surface area contributed by atoms with Crippen molar-refractivity contribution in [1.82, 2.24) is 0 Å². The highest BCUT2D eigenvalue weighted by molar-refractivity contribution is 5.70. The van der Waals surface area contributed by atoms with Crippen LogP contribution in [0.3, 0.4) is 0 Å². The number of rotatable bonds is 4. The topological polar surface area (TPSA) is 38.7 Å². The molecule has 3 heteroatoms. The third-order valence-electron chi connectivity index (χ3n) is 4.34. The van der Waals surface area contributed by atoms with Crippen LogP contribution in [0.15, 0.2) is 18.7 Å². The molecule has 0 aromatic heterocycles. The molecule has 1 aliphatic heterocycles. The lowest BCUT2D eigenvalue weighted by atomic mass is 9.83. The first-order chi connectivity index (χ1) is 10.7. The quantitative estimate of drug-likeness (QED) is 0.831. The van der Waals surface area contributed by atoms with Gasteiger partial charge < -0.3 is 14.6 Å². The molecule has 0 radical (unpaired) electrons. The average Bonchev–Trinajstić information content (AvgIpc) is 2.47. The molecule has 0 spiro atoms. The van der Waals surface area contributed by atoms with Crippen molar-refractivity contribution < 1.29 is 14.6 Å². The third-order valence-corrected chi connectivity index (χ3v) is 4.34. The summed E-state index contributed by atoms with van der Waals surface area (Å²) in [7, 11) is 0. The predicted molar refractivity (Wildman–Crippen MR) is 94.6 cm³/mol. The fraction of sp³-hybridized carbons (Fsp3) is 0.600. The highest BCUT2D eigenvalue weighted by Crippen LogP contribution is 2.39. The van der Waals surface area contributed by atoms with Gasteiger partial charge in [0.1, 0.15) is 5.75 Å². The van der Waals surface area contributed by atoms with Crippen molar-refractivity contribution in [2.45, 2.75) is 59.2 Å². The molecule has 2 rings (SSSR count). The number of hydrogen-bond donors (Lipinski definition) is 1. The van der Waals surface area contributed by atoms with Gasteiger partial charge >= 0.3 is 0 Å². The zero-order chi connectivity index (χ0) is 17.2. The molecule has 3 nitrogen and oxygen atoms in total. The maximum atomic E-state index is 10.6. The van der Waals surface area contributed by atoms with Crippen molar-refractivity contribution in [3.63, 3.8) is 0 Å². The number of benzene rings is 1. The van der Waals surface area contributed by atoms with Crippen molar-refractivity contribution in [2.75, 3.05) is 13.2 Å². The number of hydrogen-bond acceptors (Lipinski definition) is 3. The summed E-state index contributed by atoms with van der Waals surface area (Å²) in [5.41, 5.74) is 3.31. The van der Waals surface area contributed by atoms with Crippen molar-refractivity contribution in [3.8, 4) is 5.75 Å². The van der Waals surface area contributed by atoms with E-state index in [1.165, 1.54) is 0 Å². The predicted octanol–water partition coefficient (Wildman–Crippen LogP) is 5.18. The number of phenols is 1. The Morgan fingerprint density at radius 1 is 1.26 bits per heavy atom. The third kappa shape index (κ3) is 4.15. The maximum Gasteiger partial charge on any atom is 0.183 e. The molecule has 23 heavy (non-hydrogen) atoms. The van der Waals surface area contributed by atoms with E-state index in [0.717, 1.165) is 48.3 Å². The summed E-state index contributed by atoms with van der Waals surface area (Å²) in [6, 6.07) is 3.95. The lowest BCUT2D eigenvalue weighted by Crippen LogP contribution is -2.27. The molecule has 0 atom stereocenters. The average molecular weight is 318 g/mol. The summed E-state index contributed by atoms with van der Waals surface area (Å²) in [5, 5.41) is 10.6. The van der Waals surface area contributed by atoms with Crippen molar-refractivity contribution in [1.29, 1.82) is 0 Å². The lowest BCUT2D eigenvalue weighted by Gasteiger charge is -2.31. The minimum absolute atomic E-state index is 0.163. The van der Waals surface area contributed by atoms with Gasteiger partial charge in [-0.3, -0.25) is 0 Å². The first kappa shape index (κ1) is 18.0. The highest BCUT2D eigenvalue weighted by Gasteiger charge is 2.27.